The molecular weight excluding hydrogens is 231 g/mol. The Morgan fingerprint density at radius 1 is 1.33 bits per heavy atom. The first-order valence-electron chi connectivity index (χ1n) is 5.12. The van der Waals surface area contributed by atoms with Crippen LogP contribution in [0, 0.1) is 0 Å². The number of halogens is 2. The molecule has 0 unspecified atom stereocenters. The molecule has 0 aliphatic carbocycles. The van der Waals surface area contributed by atoms with E-state index in [0.717, 1.165) is 31.6 Å². The Kier molecular flexibility index (Phi) is 3.39. The fraction of sp³-hybridized carbons (Fsp3) is 0.455. The molecule has 0 aromatic heterocycles. The van der Waals surface area contributed by atoms with Crippen molar-refractivity contribution >= 4 is 28.9 Å². The van der Waals surface area contributed by atoms with Crippen LogP contribution in [0.1, 0.15) is 12.8 Å². The van der Waals surface area contributed by atoms with Crippen molar-refractivity contribution in [3.8, 4) is 0 Å². The number of benzene rings is 1. The van der Waals surface area contributed by atoms with Crippen molar-refractivity contribution < 1.29 is 0 Å². The van der Waals surface area contributed by atoms with Gasteiger partial charge in [-0.05, 0) is 31.0 Å². The molecule has 1 fully saturated rings. The largest absolute Gasteiger partial charge is 0.369 e. The van der Waals surface area contributed by atoms with Gasteiger partial charge in [-0.1, -0.05) is 23.2 Å². The summed E-state index contributed by atoms with van der Waals surface area (Å²) in [5.41, 5.74) is 6.97. The van der Waals surface area contributed by atoms with Gasteiger partial charge in [0.05, 0.1) is 10.7 Å². The molecule has 0 spiro atoms. The molecule has 1 aliphatic rings. The molecule has 82 valence electrons. The van der Waals surface area contributed by atoms with Gasteiger partial charge < -0.3 is 10.6 Å². The fourth-order valence-electron chi connectivity index (χ4n) is 1.97. The Labute approximate surface area is 100.0 Å². The number of hydrogen-bond donors (Lipinski definition) is 1. The third-order valence-corrected chi connectivity index (χ3v) is 3.25. The van der Waals surface area contributed by atoms with Crippen LogP contribution in [0.4, 0.5) is 5.69 Å². The van der Waals surface area contributed by atoms with Gasteiger partial charge >= 0.3 is 0 Å². The van der Waals surface area contributed by atoms with Crippen LogP contribution in [-0.2, 0) is 0 Å². The van der Waals surface area contributed by atoms with Gasteiger partial charge in [0.1, 0.15) is 0 Å². The maximum Gasteiger partial charge on any atom is 0.0654 e. The first-order chi connectivity index (χ1) is 7.16. The van der Waals surface area contributed by atoms with Crippen LogP contribution in [0.15, 0.2) is 18.2 Å². The van der Waals surface area contributed by atoms with Crippen molar-refractivity contribution in [3.63, 3.8) is 0 Å². The van der Waals surface area contributed by atoms with E-state index >= 15 is 0 Å². The summed E-state index contributed by atoms with van der Waals surface area (Å²) in [7, 11) is 0. The van der Waals surface area contributed by atoms with Gasteiger partial charge in [0, 0.05) is 24.2 Å². The number of hydrogen-bond acceptors (Lipinski definition) is 2. The van der Waals surface area contributed by atoms with Gasteiger partial charge in [-0.3, -0.25) is 0 Å². The highest BCUT2D eigenvalue weighted by molar-refractivity contribution is 6.36. The van der Waals surface area contributed by atoms with E-state index in [-0.39, 0.29) is 6.04 Å². The highest BCUT2D eigenvalue weighted by atomic mass is 35.5. The summed E-state index contributed by atoms with van der Waals surface area (Å²) in [6.45, 7) is 1.90. The summed E-state index contributed by atoms with van der Waals surface area (Å²) in [4.78, 5) is 2.23. The molecule has 1 aliphatic heterocycles. The van der Waals surface area contributed by atoms with Crippen molar-refractivity contribution in [2.45, 2.75) is 18.9 Å². The van der Waals surface area contributed by atoms with E-state index in [9.17, 15) is 0 Å². The predicted molar refractivity (Wildman–Crippen MR) is 65.9 cm³/mol. The van der Waals surface area contributed by atoms with E-state index in [1.807, 2.05) is 12.1 Å². The van der Waals surface area contributed by atoms with Gasteiger partial charge in [-0.25, -0.2) is 0 Å². The lowest BCUT2D eigenvalue weighted by Gasteiger charge is -2.33. The van der Waals surface area contributed by atoms with Gasteiger partial charge in [0.15, 0.2) is 0 Å². The number of anilines is 1. The van der Waals surface area contributed by atoms with Crippen LogP contribution in [-0.4, -0.2) is 19.1 Å². The topological polar surface area (TPSA) is 29.3 Å². The molecule has 1 saturated heterocycles. The fourth-order valence-corrected chi connectivity index (χ4v) is 2.49. The van der Waals surface area contributed by atoms with Crippen molar-refractivity contribution in [3.05, 3.63) is 28.2 Å². The van der Waals surface area contributed by atoms with Gasteiger partial charge in [0.2, 0.25) is 0 Å². The van der Waals surface area contributed by atoms with Crippen molar-refractivity contribution in [2.75, 3.05) is 18.0 Å². The molecule has 2 nitrogen and oxygen atoms in total. The summed E-state index contributed by atoms with van der Waals surface area (Å²) < 4.78 is 0. The number of rotatable bonds is 1. The molecular formula is C11H14Cl2N2. The summed E-state index contributed by atoms with van der Waals surface area (Å²) in [6.07, 6.45) is 2.22. The zero-order valence-electron chi connectivity index (χ0n) is 8.42. The smallest absolute Gasteiger partial charge is 0.0654 e. The quantitative estimate of drug-likeness (QED) is 0.824. The lowest BCUT2D eigenvalue weighted by atomic mass is 10.1. The van der Waals surface area contributed by atoms with E-state index in [2.05, 4.69) is 4.90 Å². The number of piperidine rings is 1. The lowest BCUT2D eigenvalue weighted by molar-refractivity contribution is 0.506. The van der Waals surface area contributed by atoms with E-state index in [0.29, 0.717) is 10.0 Å². The van der Waals surface area contributed by atoms with Crippen LogP contribution in [0.5, 0.6) is 0 Å². The minimum atomic E-state index is 0.255. The van der Waals surface area contributed by atoms with E-state index in [1.165, 1.54) is 0 Å². The Morgan fingerprint density at radius 3 is 2.80 bits per heavy atom. The van der Waals surface area contributed by atoms with Crippen LogP contribution in [0.2, 0.25) is 10.0 Å². The average molecular weight is 245 g/mol. The molecule has 2 rings (SSSR count). The predicted octanol–water partition coefficient (Wildman–Crippen LogP) is 2.92. The second-order valence-electron chi connectivity index (χ2n) is 3.94. The van der Waals surface area contributed by atoms with Crippen LogP contribution in [0.25, 0.3) is 0 Å². The van der Waals surface area contributed by atoms with Gasteiger partial charge in [-0.15, -0.1) is 0 Å². The van der Waals surface area contributed by atoms with E-state index in [4.69, 9.17) is 28.9 Å². The molecule has 4 heteroatoms. The Balaban J connectivity index is 2.21. The van der Waals surface area contributed by atoms with Gasteiger partial charge in [0.25, 0.3) is 0 Å². The molecule has 1 aromatic carbocycles. The maximum absolute atomic E-state index is 6.14. The third-order valence-electron chi connectivity index (χ3n) is 2.71. The third kappa shape index (κ3) is 2.57. The minimum absolute atomic E-state index is 0.255. The average Bonchev–Trinajstić information content (AvgIpc) is 2.17. The second kappa shape index (κ2) is 4.60. The van der Waals surface area contributed by atoms with Gasteiger partial charge in [-0.2, -0.15) is 0 Å². The summed E-state index contributed by atoms with van der Waals surface area (Å²) in [5, 5.41) is 1.38. The lowest BCUT2D eigenvalue weighted by Crippen LogP contribution is -2.42. The SMILES string of the molecule is N[C@H]1CCCN(c2ccc(Cl)cc2Cl)C1. The molecule has 15 heavy (non-hydrogen) atoms. The number of nitrogens with two attached hydrogens (primary N) is 1. The Morgan fingerprint density at radius 2 is 2.13 bits per heavy atom. The molecule has 2 N–H and O–H groups in total. The van der Waals surface area contributed by atoms with Crippen LogP contribution in [0.3, 0.4) is 0 Å². The van der Waals surface area contributed by atoms with E-state index < -0.39 is 0 Å². The highest BCUT2D eigenvalue weighted by Crippen LogP contribution is 2.30. The zero-order valence-corrected chi connectivity index (χ0v) is 9.93. The molecule has 1 heterocycles. The Hall–Kier alpha value is -0.440. The maximum atomic E-state index is 6.14. The molecule has 0 radical (unpaired) electrons. The van der Waals surface area contributed by atoms with Crippen molar-refractivity contribution in [1.29, 1.82) is 0 Å². The monoisotopic (exact) mass is 244 g/mol. The second-order valence-corrected chi connectivity index (χ2v) is 4.79. The standard InChI is InChI=1S/C11H14Cl2N2/c12-8-3-4-11(10(13)6-8)15-5-1-2-9(14)7-15/h3-4,6,9H,1-2,5,7,14H2/t9-/m0/s1. The normalized spacial score (nSPS) is 21.8. The van der Waals surface area contributed by atoms with E-state index in [1.54, 1.807) is 6.07 Å². The molecule has 1 atom stereocenters. The first-order valence-corrected chi connectivity index (χ1v) is 5.88. The zero-order chi connectivity index (χ0) is 10.8. The molecule has 0 saturated carbocycles. The number of nitrogens with zero attached hydrogens (tertiary/aromatic N) is 1. The summed E-state index contributed by atoms with van der Waals surface area (Å²) >= 11 is 12.0. The highest BCUT2D eigenvalue weighted by Gasteiger charge is 2.18. The summed E-state index contributed by atoms with van der Waals surface area (Å²) in [6, 6.07) is 5.86. The molecule has 0 amide bonds. The van der Waals surface area contributed by atoms with Crippen LogP contribution < -0.4 is 10.6 Å². The summed E-state index contributed by atoms with van der Waals surface area (Å²) in [5.74, 6) is 0. The molecule has 0 bridgehead atoms. The van der Waals surface area contributed by atoms with Crippen molar-refractivity contribution in [2.24, 2.45) is 5.73 Å². The Bertz CT molecular complexity index is 354. The van der Waals surface area contributed by atoms with Crippen LogP contribution >= 0.6 is 23.2 Å². The first kappa shape index (κ1) is 11.1. The van der Waals surface area contributed by atoms with Crippen molar-refractivity contribution in [1.82, 2.24) is 0 Å². The molecule has 1 aromatic rings. The minimum Gasteiger partial charge on any atom is -0.369 e.